The van der Waals surface area contributed by atoms with Gasteiger partial charge in [0.2, 0.25) is 17.8 Å². The lowest BCUT2D eigenvalue weighted by Crippen LogP contribution is -2.51. The molecule has 6 atom stereocenters. The van der Waals surface area contributed by atoms with Crippen molar-refractivity contribution in [3.05, 3.63) is 102 Å². The number of benzene rings is 2. The van der Waals surface area contributed by atoms with Gasteiger partial charge in [0.1, 0.15) is 17.7 Å². The van der Waals surface area contributed by atoms with E-state index in [2.05, 4.69) is 79.1 Å². The molecule has 2 aliphatic carbocycles. The number of hydrogen-bond acceptors (Lipinski definition) is 7. The van der Waals surface area contributed by atoms with E-state index in [-0.39, 0.29) is 42.2 Å². The van der Waals surface area contributed by atoms with Crippen LogP contribution < -0.4 is 10.6 Å². The Morgan fingerprint density at radius 1 is 0.857 bits per heavy atom. The summed E-state index contributed by atoms with van der Waals surface area (Å²) in [6.07, 6.45) is 9.19. The second-order valence-electron chi connectivity index (χ2n) is 15.6. The van der Waals surface area contributed by atoms with Crippen LogP contribution >= 0.6 is 0 Å². The summed E-state index contributed by atoms with van der Waals surface area (Å²) in [5, 5.41) is 5.67. The van der Waals surface area contributed by atoms with Crippen LogP contribution in [-0.4, -0.2) is 67.4 Å². The third-order valence-electron chi connectivity index (χ3n) is 12.0. The maximum atomic E-state index is 14.1. The molecule has 2 bridgehead atoms. The number of aromatic amines is 2. The van der Waals surface area contributed by atoms with Gasteiger partial charge < -0.3 is 30.2 Å². The molecule has 56 heavy (non-hydrogen) atoms. The third-order valence-corrected chi connectivity index (χ3v) is 12.0. The summed E-state index contributed by atoms with van der Waals surface area (Å²) in [6.45, 7) is 4.51. The number of hydrogen-bond donors (Lipinski definition) is 4. The zero-order valence-corrected chi connectivity index (χ0v) is 31.8. The molecular weight excluding hydrogens is 712 g/mol. The molecule has 13 heteroatoms. The molecule has 8 rings (SSSR count). The zero-order chi connectivity index (χ0) is 38.9. The number of aromatic nitrogens is 5. The van der Waals surface area contributed by atoms with E-state index in [9.17, 15) is 18.8 Å². The highest BCUT2D eigenvalue weighted by Gasteiger charge is 2.52. The molecule has 1 saturated heterocycles. The van der Waals surface area contributed by atoms with E-state index in [1.54, 1.807) is 18.3 Å². The molecule has 3 aromatic heterocycles. The number of carbonyl (C=O) groups is 3. The van der Waals surface area contributed by atoms with E-state index in [4.69, 9.17) is 9.72 Å². The number of amides is 3. The number of H-pyrrole nitrogens is 2. The number of carbonyl (C=O) groups excluding carboxylic acids is 3. The highest BCUT2D eigenvalue weighted by molar-refractivity contribution is 5.86. The van der Waals surface area contributed by atoms with Crippen molar-refractivity contribution in [1.29, 1.82) is 0 Å². The second kappa shape index (κ2) is 15.7. The lowest BCUT2D eigenvalue weighted by molar-refractivity contribution is -0.135. The number of halogens is 1. The van der Waals surface area contributed by atoms with E-state index in [1.165, 1.54) is 13.3 Å². The van der Waals surface area contributed by atoms with E-state index in [0.717, 1.165) is 77.4 Å². The number of rotatable bonds is 11. The third kappa shape index (κ3) is 7.29. The monoisotopic (exact) mass is 758 g/mol. The first-order chi connectivity index (χ1) is 27.2. The molecule has 0 radical (unpaired) electrons. The van der Waals surface area contributed by atoms with E-state index >= 15 is 0 Å². The molecule has 3 aliphatic rings. The SMILES string of the molecule is COC(=O)N[C@H](C(=O)N1CCC[C@H]1c1ncc(-c2ccc(-c3ccc(-c4cnc([C@@H]5[C@H]6CC[C@H](C6)[C@H]5C(=O)NCc5cccnc5F)[nH]4)cc3)cc2)[nH]1)C(C)C. The fourth-order valence-electron chi connectivity index (χ4n) is 9.10. The van der Waals surface area contributed by atoms with Gasteiger partial charge in [-0.1, -0.05) is 68.4 Å². The Hall–Kier alpha value is -5.85. The molecule has 2 aromatic carbocycles. The van der Waals surface area contributed by atoms with Crippen LogP contribution in [0.4, 0.5) is 9.18 Å². The van der Waals surface area contributed by atoms with Gasteiger partial charge in [-0.2, -0.15) is 4.39 Å². The molecule has 4 N–H and O–H groups in total. The van der Waals surface area contributed by atoms with Crippen LogP contribution in [0.1, 0.15) is 75.1 Å². The molecule has 0 spiro atoms. The van der Waals surface area contributed by atoms with Gasteiger partial charge in [0.05, 0.1) is 42.9 Å². The second-order valence-corrected chi connectivity index (χ2v) is 15.6. The largest absolute Gasteiger partial charge is 0.453 e. The van der Waals surface area contributed by atoms with Gasteiger partial charge in [-0.05, 0) is 78.2 Å². The average Bonchev–Trinajstić information content (AvgIpc) is 4.08. The van der Waals surface area contributed by atoms with Crippen LogP contribution in [0.2, 0.25) is 0 Å². The van der Waals surface area contributed by atoms with Gasteiger partial charge in [0, 0.05) is 30.8 Å². The molecule has 5 aromatic rings. The van der Waals surface area contributed by atoms with E-state index < -0.39 is 18.1 Å². The van der Waals surface area contributed by atoms with Crippen molar-refractivity contribution in [3.8, 4) is 33.6 Å². The number of nitrogens with one attached hydrogen (secondary N) is 4. The van der Waals surface area contributed by atoms with Gasteiger partial charge in [0.15, 0.2) is 0 Å². The Kier molecular flexibility index (Phi) is 10.4. The Morgan fingerprint density at radius 2 is 1.48 bits per heavy atom. The molecule has 290 valence electrons. The van der Waals surface area contributed by atoms with Crippen molar-refractivity contribution in [3.63, 3.8) is 0 Å². The first-order valence-corrected chi connectivity index (χ1v) is 19.5. The van der Waals surface area contributed by atoms with Crippen LogP contribution in [0.3, 0.4) is 0 Å². The number of pyridine rings is 1. The van der Waals surface area contributed by atoms with Gasteiger partial charge in [-0.3, -0.25) is 9.59 Å². The molecule has 12 nitrogen and oxygen atoms in total. The summed E-state index contributed by atoms with van der Waals surface area (Å²) < 4.78 is 18.9. The van der Waals surface area contributed by atoms with Gasteiger partial charge in [-0.25, -0.2) is 19.7 Å². The first kappa shape index (κ1) is 37.1. The highest BCUT2D eigenvalue weighted by Crippen LogP contribution is 2.56. The Bertz CT molecular complexity index is 2200. The number of alkyl carbamates (subject to hydrolysis) is 1. The molecule has 0 unspecified atom stereocenters. The van der Waals surface area contributed by atoms with Gasteiger partial charge >= 0.3 is 6.09 Å². The Morgan fingerprint density at radius 3 is 2.12 bits per heavy atom. The first-order valence-electron chi connectivity index (χ1n) is 19.5. The summed E-state index contributed by atoms with van der Waals surface area (Å²) in [7, 11) is 1.29. The molecule has 2 saturated carbocycles. The maximum absolute atomic E-state index is 14.1. The Labute approximate surface area is 325 Å². The fraction of sp³-hybridized carbons (Fsp3) is 0.395. The van der Waals surface area contributed by atoms with Gasteiger partial charge in [-0.15, -0.1) is 0 Å². The lowest BCUT2D eigenvalue weighted by Gasteiger charge is -2.30. The van der Waals surface area contributed by atoms with Crippen molar-refractivity contribution in [1.82, 2.24) is 40.5 Å². The minimum atomic E-state index is -0.686. The number of imidazole rings is 2. The molecular formula is C43H47FN8O4. The summed E-state index contributed by atoms with van der Waals surface area (Å²) in [4.78, 5) is 60.9. The average molecular weight is 759 g/mol. The quantitative estimate of drug-likeness (QED) is 0.104. The normalized spacial score (nSPS) is 22.0. The van der Waals surface area contributed by atoms with Crippen molar-refractivity contribution < 1.29 is 23.5 Å². The predicted octanol–water partition coefficient (Wildman–Crippen LogP) is 7.16. The van der Waals surface area contributed by atoms with Crippen molar-refractivity contribution >= 4 is 17.9 Å². The van der Waals surface area contributed by atoms with Crippen molar-refractivity contribution in [2.75, 3.05) is 13.7 Å². The molecule has 3 fully saturated rings. The smallest absolute Gasteiger partial charge is 0.407 e. The fourth-order valence-corrected chi connectivity index (χ4v) is 9.10. The van der Waals surface area contributed by atoms with Crippen LogP contribution in [0, 0.1) is 29.6 Å². The zero-order valence-electron chi connectivity index (χ0n) is 31.8. The van der Waals surface area contributed by atoms with E-state index in [0.29, 0.717) is 23.9 Å². The molecule has 4 heterocycles. The molecule has 3 amide bonds. The lowest BCUT2D eigenvalue weighted by atomic mass is 9.78. The summed E-state index contributed by atoms with van der Waals surface area (Å²) in [5.74, 6) is 1.20. The van der Waals surface area contributed by atoms with Crippen LogP contribution in [0.15, 0.2) is 79.3 Å². The number of ether oxygens (including phenoxy) is 1. The van der Waals surface area contributed by atoms with Crippen LogP contribution in [-0.2, 0) is 20.9 Å². The number of methoxy groups -OCH3 is 1. The highest BCUT2D eigenvalue weighted by atomic mass is 19.1. The van der Waals surface area contributed by atoms with Crippen molar-refractivity contribution in [2.45, 2.75) is 70.5 Å². The Balaban J connectivity index is 0.918. The standard InChI is InChI=1S/C43H47FN8O4/c1-24(2)37(51-43(55)56-3)42(54)52-19-5-7-34(52)39-46-22-32(49-39)27-12-8-25(9-13-27)26-10-14-28(15-11-26)33-23-47-40(50-33)35-29-16-17-30(20-29)36(35)41(53)48-21-31-6-4-18-45-38(31)44/h4,6,8-15,18,22-24,29-30,34-37H,5,7,16-17,19-21H2,1-3H3,(H,46,49)(H,47,50)(H,48,53)(H,51,55)/t29-,30+,34-,35+,36+,37-/m0/s1. The summed E-state index contributed by atoms with van der Waals surface area (Å²) in [6, 6.07) is 19.1. The summed E-state index contributed by atoms with van der Waals surface area (Å²) >= 11 is 0. The number of fused-ring (bicyclic) bond motifs is 2. The number of nitrogens with zero attached hydrogens (tertiary/aromatic N) is 4. The molecule has 1 aliphatic heterocycles. The minimum absolute atomic E-state index is 0.00264. The van der Waals surface area contributed by atoms with E-state index in [1.807, 2.05) is 24.9 Å². The van der Waals surface area contributed by atoms with Crippen LogP contribution in [0.25, 0.3) is 33.6 Å². The number of likely N-dealkylation sites (tertiary alicyclic amines) is 1. The summed E-state index contributed by atoms with van der Waals surface area (Å²) in [5.41, 5.74) is 6.26. The van der Waals surface area contributed by atoms with Crippen LogP contribution in [0.5, 0.6) is 0 Å². The van der Waals surface area contributed by atoms with Crippen molar-refractivity contribution in [2.24, 2.45) is 23.7 Å². The predicted molar refractivity (Wildman–Crippen MR) is 208 cm³/mol. The topological polar surface area (TPSA) is 158 Å². The maximum Gasteiger partial charge on any atom is 0.407 e. The minimum Gasteiger partial charge on any atom is -0.453 e. The van der Waals surface area contributed by atoms with Gasteiger partial charge in [0.25, 0.3) is 0 Å².